The van der Waals surface area contributed by atoms with Crippen LogP contribution in [0.15, 0.2) is 57.6 Å². The fourth-order valence-corrected chi connectivity index (χ4v) is 6.67. The van der Waals surface area contributed by atoms with Gasteiger partial charge in [0.15, 0.2) is 5.17 Å². The van der Waals surface area contributed by atoms with E-state index in [0.717, 1.165) is 19.3 Å². The van der Waals surface area contributed by atoms with Gasteiger partial charge in [0.05, 0.1) is 21.5 Å². The zero-order valence-corrected chi connectivity index (χ0v) is 26.6. The van der Waals surface area contributed by atoms with Gasteiger partial charge in [-0.15, -0.1) is 5.10 Å². The Labute approximate surface area is 258 Å². The fourth-order valence-electron chi connectivity index (χ4n) is 4.38. The number of hydrogen-bond acceptors (Lipinski definition) is 7. The van der Waals surface area contributed by atoms with Gasteiger partial charge in [0.2, 0.25) is 5.91 Å². The molecule has 1 unspecified atom stereocenters. The van der Waals surface area contributed by atoms with Crippen molar-refractivity contribution in [2.45, 2.75) is 101 Å². The van der Waals surface area contributed by atoms with E-state index in [2.05, 4.69) is 22.4 Å². The highest BCUT2D eigenvalue weighted by atomic mass is 35.5. The summed E-state index contributed by atoms with van der Waals surface area (Å²) in [5.74, 6) is 0.121. The van der Waals surface area contributed by atoms with E-state index in [1.165, 1.54) is 113 Å². The molecule has 1 fully saturated rings. The average molecular weight is 641 g/mol. The number of nitrogens with one attached hydrogen (secondary N) is 1. The van der Waals surface area contributed by atoms with Crippen molar-refractivity contribution in [3.63, 3.8) is 0 Å². The SMILES string of the molecule is CCCCCCCCCCCCCCC1S/C(=N/N=C/c2ccc(OS(=O)(=O)c3ccc(Cl)c(Cl)c3)cc2)NC1=O. The molecule has 1 saturated heterocycles. The molecule has 1 aliphatic rings. The molecule has 0 saturated carbocycles. The van der Waals surface area contributed by atoms with Crippen LogP contribution in [0.2, 0.25) is 10.0 Å². The quantitative estimate of drug-likeness (QED) is 0.0761. The molecular weight excluding hydrogens is 601 g/mol. The number of benzene rings is 2. The Bertz CT molecular complexity index is 1290. The van der Waals surface area contributed by atoms with Gasteiger partial charge in [-0.3, -0.25) is 4.79 Å². The third kappa shape index (κ3) is 12.0. The molecule has 224 valence electrons. The molecule has 1 heterocycles. The summed E-state index contributed by atoms with van der Waals surface area (Å²) < 4.78 is 30.2. The molecule has 0 aliphatic carbocycles. The van der Waals surface area contributed by atoms with Crippen molar-refractivity contribution < 1.29 is 17.4 Å². The Hall–Kier alpha value is -2.07. The van der Waals surface area contributed by atoms with Crippen molar-refractivity contribution in [3.05, 3.63) is 58.1 Å². The highest BCUT2D eigenvalue weighted by Gasteiger charge is 2.29. The lowest BCUT2D eigenvalue weighted by atomic mass is 10.0. The molecule has 2 aromatic carbocycles. The van der Waals surface area contributed by atoms with Crippen molar-refractivity contribution in [2.75, 3.05) is 0 Å². The maximum atomic E-state index is 12.5. The minimum Gasteiger partial charge on any atom is -0.379 e. The summed E-state index contributed by atoms with van der Waals surface area (Å²) in [5.41, 5.74) is 0.691. The summed E-state index contributed by atoms with van der Waals surface area (Å²) in [6.45, 7) is 2.25. The van der Waals surface area contributed by atoms with E-state index in [1.54, 1.807) is 12.1 Å². The van der Waals surface area contributed by atoms with Crippen LogP contribution in [0.5, 0.6) is 5.75 Å². The lowest BCUT2D eigenvalue weighted by molar-refractivity contribution is -0.118. The van der Waals surface area contributed by atoms with E-state index in [1.807, 2.05) is 0 Å². The first-order valence-corrected chi connectivity index (χ1v) is 17.4. The number of rotatable bonds is 18. The predicted molar refractivity (Wildman–Crippen MR) is 171 cm³/mol. The van der Waals surface area contributed by atoms with E-state index in [9.17, 15) is 13.2 Å². The third-order valence-electron chi connectivity index (χ3n) is 6.72. The smallest absolute Gasteiger partial charge is 0.339 e. The molecule has 3 rings (SSSR count). The number of carbonyl (C=O) groups excluding carboxylic acids is 1. The van der Waals surface area contributed by atoms with E-state index >= 15 is 0 Å². The number of amides is 1. The molecule has 0 bridgehead atoms. The summed E-state index contributed by atoms with van der Waals surface area (Å²) in [7, 11) is -4.06. The fraction of sp³-hybridized carbons (Fsp3) is 0.500. The second kappa shape index (κ2) is 17.8. The van der Waals surface area contributed by atoms with Crippen molar-refractivity contribution >= 4 is 62.4 Å². The number of carbonyl (C=O) groups is 1. The molecule has 2 aromatic rings. The standard InChI is InChI=1S/C30H39Cl2N3O4S2/c1-2-3-4-5-6-7-8-9-10-11-12-13-14-28-29(36)34-30(40-28)35-33-22-23-15-17-24(18-16-23)39-41(37,38)25-19-20-26(31)27(32)21-25/h15-22,28H,2-14H2,1H3,(H,34,35,36)/b33-22+. The zero-order valence-electron chi connectivity index (χ0n) is 23.5. The number of nitrogens with zero attached hydrogens (tertiary/aromatic N) is 2. The average Bonchev–Trinajstić information content (AvgIpc) is 3.30. The van der Waals surface area contributed by atoms with Crippen molar-refractivity contribution in [2.24, 2.45) is 10.2 Å². The van der Waals surface area contributed by atoms with Crippen molar-refractivity contribution in [1.82, 2.24) is 5.32 Å². The highest BCUT2D eigenvalue weighted by molar-refractivity contribution is 8.15. The van der Waals surface area contributed by atoms with Gasteiger partial charge in [-0.1, -0.05) is 119 Å². The van der Waals surface area contributed by atoms with E-state index < -0.39 is 10.1 Å². The number of amidine groups is 1. The lowest BCUT2D eigenvalue weighted by Gasteiger charge is -2.08. The first kappa shape index (κ1) is 33.4. The molecule has 7 nitrogen and oxygen atoms in total. The molecule has 41 heavy (non-hydrogen) atoms. The minimum absolute atomic E-state index is 0.0169. The van der Waals surface area contributed by atoms with Crippen LogP contribution in [0.3, 0.4) is 0 Å². The Morgan fingerprint density at radius 2 is 1.49 bits per heavy atom. The topological polar surface area (TPSA) is 97.2 Å². The lowest BCUT2D eigenvalue weighted by Crippen LogP contribution is -2.24. The minimum atomic E-state index is -4.06. The predicted octanol–water partition coefficient (Wildman–Crippen LogP) is 8.77. The molecule has 11 heteroatoms. The van der Waals surface area contributed by atoms with Gasteiger partial charge in [-0.25, -0.2) is 0 Å². The van der Waals surface area contributed by atoms with Crippen LogP contribution < -0.4 is 9.50 Å². The number of hydrogen-bond donors (Lipinski definition) is 1. The van der Waals surface area contributed by atoms with Crippen LogP contribution in [0.1, 0.15) is 96.0 Å². The number of unbranched alkanes of at least 4 members (excludes halogenated alkanes) is 11. The Balaban J connectivity index is 1.34. The molecule has 1 amide bonds. The molecule has 1 N–H and O–H groups in total. The summed E-state index contributed by atoms with van der Waals surface area (Å²) in [6, 6.07) is 10.3. The Kier molecular flexibility index (Phi) is 14.5. The maximum absolute atomic E-state index is 12.5. The molecule has 0 aromatic heterocycles. The van der Waals surface area contributed by atoms with Crippen LogP contribution >= 0.6 is 35.0 Å². The van der Waals surface area contributed by atoms with Gasteiger partial charge in [0, 0.05) is 0 Å². The molecular formula is C30H39Cl2N3O4S2. The van der Waals surface area contributed by atoms with Crippen LogP contribution in [0.4, 0.5) is 0 Å². The van der Waals surface area contributed by atoms with Crippen molar-refractivity contribution in [3.8, 4) is 5.75 Å². The van der Waals surface area contributed by atoms with Crippen molar-refractivity contribution in [1.29, 1.82) is 0 Å². The first-order valence-electron chi connectivity index (χ1n) is 14.4. The third-order valence-corrected chi connectivity index (χ3v) is 9.84. The second-order valence-electron chi connectivity index (χ2n) is 10.1. The summed E-state index contributed by atoms with van der Waals surface area (Å²) >= 11 is 13.2. The van der Waals surface area contributed by atoms with Crippen LogP contribution in [-0.2, 0) is 14.9 Å². The normalized spacial score (nSPS) is 16.5. The van der Waals surface area contributed by atoms with E-state index in [0.29, 0.717) is 10.7 Å². The summed E-state index contributed by atoms with van der Waals surface area (Å²) in [6.07, 6.45) is 17.9. The van der Waals surface area contributed by atoms with Crippen LogP contribution in [-0.4, -0.2) is 31.0 Å². The summed E-state index contributed by atoms with van der Waals surface area (Å²) in [5, 5.41) is 11.7. The maximum Gasteiger partial charge on any atom is 0.339 e. The summed E-state index contributed by atoms with van der Waals surface area (Å²) in [4.78, 5) is 12.2. The first-order chi connectivity index (χ1) is 19.8. The number of thioether (sulfide) groups is 1. The molecule has 0 radical (unpaired) electrons. The molecule has 1 atom stereocenters. The van der Waals surface area contributed by atoms with E-state index in [-0.39, 0.29) is 31.8 Å². The van der Waals surface area contributed by atoms with Crippen LogP contribution in [0, 0.1) is 0 Å². The Morgan fingerprint density at radius 3 is 2.10 bits per heavy atom. The highest BCUT2D eigenvalue weighted by Crippen LogP contribution is 2.27. The van der Waals surface area contributed by atoms with Gasteiger partial charge in [-0.2, -0.15) is 13.5 Å². The van der Waals surface area contributed by atoms with E-state index in [4.69, 9.17) is 27.4 Å². The van der Waals surface area contributed by atoms with Gasteiger partial charge < -0.3 is 9.50 Å². The second-order valence-corrected chi connectivity index (χ2v) is 13.7. The van der Waals surface area contributed by atoms with Gasteiger partial charge in [0.1, 0.15) is 10.6 Å². The van der Waals surface area contributed by atoms with Gasteiger partial charge in [-0.05, 0) is 54.4 Å². The number of halogens is 2. The molecule has 1 aliphatic heterocycles. The zero-order chi connectivity index (χ0) is 29.5. The van der Waals surface area contributed by atoms with Gasteiger partial charge in [0.25, 0.3) is 0 Å². The van der Waals surface area contributed by atoms with Gasteiger partial charge >= 0.3 is 10.1 Å². The largest absolute Gasteiger partial charge is 0.379 e. The molecule has 0 spiro atoms. The Morgan fingerprint density at radius 1 is 0.878 bits per heavy atom. The van der Waals surface area contributed by atoms with Crippen LogP contribution in [0.25, 0.3) is 0 Å². The monoisotopic (exact) mass is 639 g/mol.